The first kappa shape index (κ1) is 9.38. The number of halogens is 1. The molecule has 68 valence electrons. The number of carbonyl (C=O) groups is 1. The number of nitrogens with one attached hydrogen (secondary N) is 1. The SMILES string of the molecule is CC(=O)N/N=C\c1ccccc1F. The van der Waals surface area contributed by atoms with Crippen LogP contribution in [0.2, 0.25) is 0 Å². The molecule has 1 rings (SSSR count). The molecule has 1 amide bonds. The van der Waals surface area contributed by atoms with Gasteiger partial charge in [0.2, 0.25) is 5.91 Å². The normalized spacial score (nSPS) is 10.3. The van der Waals surface area contributed by atoms with Gasteiger partial charge >= 0.3 is 0 Å². The molecular weight excluding hydrogens is 171 g/mol. The Kier molecular flexibility index (Phi) is 3.14. The summed E-state index contributed by atoms with van der Waals surface area (Å²) in [5.41, 5.74) is 2.53. The van der Waals surface area contributed by atoms with E-state index >= 15 is 0 Å². The van der Waals surface area contributed by atoms with E-state index in [9.17, 15) is 9.18 Å². The third-order valence-corrected chi connectivity index (χ3v) is 1.33. The third-order valence-electron chi connectivity index (χ3n) is 1.33. The molecule has 0 aliphatic heterocycles. The lowest BCUT2D eigenvalue weighted by molar-refractivity contribution is -0.118. The molecule has 0 unspecified atom stereocenters. The van der Waals surface area contributed by atoms with Gasteiger partial charge in [-0.1, -0.05) is 18.2 Å². The van der Waals surface area contributed by atoms with Gasteiger partial charge in [-0.15, -0.1) is 0 Å². The molecule has 0 aliphatic rings. The van der Waals surface area contributed by atoms with Crippen molar-refractivity contribution in [3.63, 3.8) is 0 Å². The number of hydrogen-bond donors (Lipinski definition) is 1. The van der Waals surface area contributed by atoms with Gasteiger partial charge in [0.05, 0.1) is 6.21 Å². The molecule has 4 heteroatoms. The Hall–Kier alpha value is -1.71. The number of hydrogen-bond acceptors (Lipinski definition) is 2. The van der Waals surface area contributed by atoms with Crippen molar-refractivity contribution in [2.24, 2.45) is 5.10 Å². The Morgan fingerprint density at radius 3 is 2.85 bits per heavy atom. The molecule has 1 aromatic carbocycles. The smallest absolute Gasteiger partial charge is 0.236 e. The predicted molar refractivity (Wildman–Crippen MR) is 47.8 cm³/mol. The van der Waals surface area contributed by atoms with Gasteiger partial charge in [-0.3, -0.25) is 4.79 Å². The highest BCUT2D eigenvalue weighted by molar-refractivity contribution is 5.81. The van der Waals surface area contributed by atoms with Gasteiger partial charge in [0.15, 0.2) is 0 Å². The first-order chi connectivity index (χ1) is 6.20. The van der Waals surface area contributed by atoms with Crippen LogP contribution in [0.1, 0.15) is 12.5 Å². The first-order valence-corrected chi connectivity index (χ1v) is 3.74. The van der Waals surface area contributed by atoms with Gasteiger partial charge in [-0.2, -0.15) is 5.10 Å². The number of nitrogens with zero attached hydrogens (tertiary/aromatic N) is 1. The van der Waals surface area contributed by atoms with Crippen LogP contribution in [-0.4, -0.2) is 12.1 Å². The second kappa shape index (κ2) is 4.35. The van der Waals surface area contributed by atoms with Gasteiger partial charge in [0, 0.05) is 12.5 Å². The highest BCUT2D eigenvalue weighted by atomic mass is 19.1. The Labute approximate surface area is 75.3 Å². The van der Waals surface area contributed by atoms with E-state index in [0.29, 0.717) is 5.56 Å². The topological polar surface area (TPSA) is 41.5 Å². The summed E-state index contributed by atoms with van der Waals surface area (Å²) in [5, 5.41) is 3.54. The summed E-state index contributed by atoms with van der Waals surface area (Å²) >= 11 is 0. The fourth-order valence-electron chi connectivity index (χ4n) is 0.773. The van der Waals surface area contributed by atoms with Crippen LogP contribution in [0.5, 0.6) is 0 Å². The van der Waals surface area contributed by atoms with Crippen molar-refractivity contribution in [2.75, 3.05) is 0 Å². The summed E-state index contributed by atoms with van der Waals surface area (Å²) in [6, 6.07) is 6.18. The second-order valence-electron chi connectivity index (χ2n) is 2.45. The molecule has 0 spiro atoms. The molecule has 0 aliphatic carbocycles. The van der Waals surface area contributed by atoms with E-state index < -0.39 is 0 Å². The van der Waals surface area contributed by atoms with Crippen LogP contribution in [0.25, 0.3) is 0 Å². The van der Waals surface area contributed by atoms with Crippen molar-refractivity contribution in [1.29, 1.82) is 0 Å². The van der Waals surface area contributed by atoms with Gasteiger partial charge in [0.1, 0.15) is 5.82 Å². The Morgan fingerprint density at radius 1 is 1.54 bits per heavy atom. The largest absolute Gasteiger partial charge is 0.274 e. The summed E-state index contributed by atoms with van der Waals surface area (Å²) in [5.74, 6) is -0.649. The van der Waals surface area contributed by atoms with Crippen molar-refractivity contribution in [2.45, 2.75) is 6.92 Å². The molecule has 0 saturated carbocycles. The van der Waals surface area contributed by atoms with Gasteiger partial charge < -0.3 is 0 Å². The lowest BCUT2D eigenvalue weighted by Gasteiger charge is -1.94. The van der Waals surface area contributed by atoms with E-state index in [0.717, 1.165) is 0 Å². The zero-order chi connectivity index (χ0) is 9.68. The predicted octanol–water partition coefficient (Wildman–Crippen LogP) is 1.30. The van der Waals surface area contributed by atoms with E-state index in [1.807, 2.05) is 0 Å². The molecule has 13 heavy (non-hydrogen) atoms. The fourth-order valence-corrected chi connectivity index (χ4v) is 0.773. The quantitative estimate of drug-likeness (QED) is 0.540. The average molecular weight is 180 g/mol. The summed E-state index contributed by atoms with van der Waals surface area (Å²) in [7, 11) is 0. The van der Waals surface area contributed by atoms with Crippen LogP contribution in [0.3, 0.4) is 0 Å². The highest BCUT2D eigenvalue weighted by Gasteiger charge is 1.95. The van der Waals surface area contributed by atoms with Crippen molar-refractivity contribution in [3.05, 3.63) is 35.6 Å². The maximum atomic E-state index is 12.9. The molecule has 0 atom stereocenters. The third kappa shape index (κ3) is 3.02. The minimum Gasteiger partial charge on any atom is -0.274 e. The lowest BCUT2D eigenvalue weighted by Crippen LogP contribution is -2.12. The zero-order valence-corrected chi connectivity index (χ0v) is 7.12. The van der Waals surface area contributed by atoms with E-state index in [1.165, 1.54) is 19.2 Å². The summed E-state index contributed by atoms with van der Waals surface area (Å²) in [6.45, 7) is 1.33. The van der Waals surface area contributed by atoms with E-state index in [1.54, 1.807) is 18.2 Å². The average Bonchev–Trinajstić information content (AvgIpc) is 2.08. The number of benzene rings is 1. The number of rotatable bonds is 2. The lowest BCUT2D eigenvalue weighted by atomic mass is 10.2. The van der Waals surface area contributed by atoms with Gasteiger partial charge in [-0.05, 0) is 6.07 Å². The monoisotopic (exact) mass is 180 g/mol. The standard InChI is InChI=1S/C9H9FN2O/c1-7(13)12-11-6-8-4-2-3-5-9(8)10/h2-6H,1H3,(H,12,13)/b11-6-. The van der Waals surface area contributed by atoms with Crippen molar-refractivity contribution < 1.29 is 9.18 Å². The fraction of sp³-hybridized carbons (Fsp3) is 0.111. The minimum atomic E-state index is -0.364. The molecule has 0 saturated heterocycles. The first-order valence-electron chi connectivity index (χ1n) is 3.74. The van der Waals surface area contributed by atoms with Crippen LogP contribution in [0.15, 0.2) is 29.4 Å². The van der Waals surface area contributed by atoms with E-state index in [4.69, 9.17) is 0 Å². The Balaban J connectivity index is 2.68. The van der Waals surface area contributed by atoms with Crippen LogP contribution in [-0.2, 0) is 4.79 Å². The Morgan fingerprint density at radius 2 is 2.23 bits per heavy atom. The Bertz CT molecular complexity index is 336. The molecule has 0 radical (unpaired) electrons. The second-order valence-corrected chi connectivity index (χ2v) is 2.45. The molecule has 0 aromatic heterocycles. The van der Waals surface area contributed by atoms with Crippen molar-refractivity contribution in [3.8, 4) is 0 Å². The number of carbonyl (C=O) groups excluding carboxylic acids is 1. The van der Waals surface area contributed by atoms with Crippen LogP contribution < -0.4 is 5.43 Å². The molecule has 0 bridgehead atoms. The summed E-state index contributed by atoms with van der Waals surface area (Å²) in [4.78, 5) is 10.4. The minimum absolute atomic E-state index is 0.285. The van der Waals surface area contributed by atoms with Gasteiger partial charge in [0.25, 0.3) is 0 Å². The van der Waals surface area contributed by atoms with Crippen LogP contribution in [0, 0.1) is 5.82 Å². The summed E-state index contributed by atoms with van der Waals surface area (Å²) < 4.78 is 12.9. The van der Waals surface area contributed by atoms with Crippen molar-refractivity contribution in [1.82, 2.24) is 5.43 Å². The maximum Gasteiger partial charge on any atom is 0.236 e. The maximum absolute atomic E-state index is 12.9. The summed E-state index contributed by atoms with van der Waals surface area (Å²) in [6.07, 6.45) is 1.26. The molecular formula is C9H9FN2O. The molecule has 0 fully saturated rings. The molecule has 3 nitrogen and oxygen atoms in total. The molecule has 1 N–H and O–H groups in total. The molecule has 0 heterocycles. The van der Waals surface area contributed by atoms with Crippen molar-refractivity contribution >= 4 is 12.1 Å². The van der Waals surface area contributed by atoms with Crippen LogP contribution >= 0.6 is 0 Å². The van der Waals surface area contributed by atoms with E-state index in [2.05, 4.69) is 10.5 Å². The highest BCUT2D eigenvalue weighted by Crippen LogP contribution is 2.02. The van der Waals surface area contributed by atoms with E-state index in [-0.39, 0.29) is 11.7 Å². The zero-order valence-electron chi connectivity index (χ0n) is 7.12. The van der Waals surface area contributed by atoms with Crippen LogP contribution in [0.4, 0.5) is 4.39 Å². The van der Waals surface area contributed by atoms with Gasteiger partial charge in [-0.25, -0.2) is 9.82 Å². The molecule has 1 aromatic rings. The number of amides is 1. The number of hydrazone groups is 1.